The van der Waals surface area contributed by atoms with Gasteiger partial charge < -0.3 is 20.1 Å². The molecule has 5 N–H and O–H groups in total. The van der Waals surface area contributed by atoms with Crippen LogP contribution in [0.3, 0.4) is 0 Å². The van der Waals surface area contributed by atoms with Crippen molar-refractivity contribution in [3.63, 3.8) is 0 Å². The fraction of sp³-hybridized carbons (Fsp3) is 0.118. The van der Waals surface area contributed by atoms with Crippen molar-refractivity contribution in [2.75, 3.05) is 0 Å². The van der Waals surface area contributed by atoms with Crippen LogP contribution in [0.4, 0.5) is 4.39 Å². The number of ether oxygens (including phenoxy) is 1. The summed E-state index contributed by atoms with van der Waals surface area (Å²) in [5, 5.41) is 39.2. The van der Waals surface area contributed by atoms with Gasteiger partial charge in [0, 0.05) is 11.6 Å². The van der Waals surface area contributed by atoms with Crippen molar-refractivity contribution in [2.24, 2.45) is 0 Å². The second kappa shape index (κ2) is 6.08. The minimum absolute atomic E-state index is 0.131. The van der Waals surface area contributed by atoms with E-state index in [2.05, 4.69) is 0 Å². The molecule has 0 saturated heterocycles. The molecule has 1 heterocycles. The molecule has 0 spiro atoms. The van der Waals surface area contributed by atoms with Gasteiger partial charge in [0.25, 0.3) is 0 Å². The van der Waals surface area contributed by atoms with Gasteiger partial charge in [-0.3, -0.25) is 10.0 Å². The maximum atomic E-state index is 13.9. The van der Waals surface area contributed by atoms with Crippen LogP contribution >= 0.6 is 0 Å². The standard InChI is InChI=1S/C17H14FNO6/c18-15-10(20)6-11-14(16(15)22)17(23,8-13(21)19-24)7-12(25-11)9-4-2-1-3-5-9/h1-7,20,22-24H,8H2,(H,19,21). The van der Waals surface area contributed by atoms with Gasteiger partial charge in [-0.25, -0.2) is 5.48 Å². The van der Waals surface area contributed by atoms with Crippen molar-refractivity contribution >= 4 is 11.7 Å². The zero-order chi connectivity index (χ0) is 18.2. The second-order valence-electron chi connectivity index (χ2n) is 5.54. The Morgan fingerprint density at radius 3 is 2.56 bits per heavy atom. The molecule has 0 aromatic heterocycles. The van der Waals surface area contributed by atoms with Crippen LogP contribution in [0.5, 0.6) is 17.2 Å². The van der Waals surface area contributed by atoms with Crippen LogP contribution in [-0.4, -0.2) is 26.4 Å². The zero-order valence-electron chi connectivity index (χ0n) is 12.7. The first kappa shape index (κ1) is 16.7. The number of halogens is 1. The van der Waals surface area contributed by atoms with E-state index in [0.717, 1.165) is 12.1 Å². The summed E-state index contributed by atoms with van der Waals surface area (Å²) in [7, 11) is 0. The molecule has 8 heteroatoms. The number of benzene rings is 2. The Kier molecular flexibility index (Phi) is 4.07. The number of aromatic hydroxyl groups is 2. The predicted octanol–water partition coefficient (Wildman–Crippen LogP) is 1.75. The molecule has 1 aliphatic rings. The van der Waals surface area contributed by atoms with E-state index in [4.69, 9.17) is 9.94 Å². The molecule has 1 unspecified atom stereocenters. The van der Waals surface area contributed by atoms with Crippen LogP contribution in [0.15, 0.2) is 42.5 Å². The Bertz CT molecular complexity index is 867. The average molecular weight is 347 g/mol. The number of hydrogen-bond donors (Lipinski definition) is 5. The van der Waals surface area contributed by atoms with Gasteiger partial charge in [0.1, 0.15) is 17.1 Å². The highest BCUT2D eigenvalue weighted by Crippen LogP contribution is 2.49. The minimum Gasteiger partial charge on any atom is -0.505 e. The predicted molar refractivity (Wildman–Crippen MR) is 83.2 cm³/mol. The normalized spacial score (nSPS) is 18.8. The van der Waals surface area contributed by atoms with Crippen molar-refractivity contribution in [1.82, 2.24) is 5.48 Å². The van der Waals surface area contributed by atoms with Crippen molar-refractivity contribution in [3.8, 4) is 17.2 Å². The molecule has 1 atom stereocenters. The lowest BCUT2D eigenvalue weighted by Gasteiger charge is -2.32. The van der Waals surface area contributed by atoms with Crippen molar-refractivity contribution in [2.45, 2.75) is 12.0 Å². The third kappa shape index (κ3) is 2.88. The largest absolute Gasteiger partial charge is 0.505 e. The Morgan fingerprint density at radius 1 is 1.24 bits per heavy atom. The van der Waals surface area contributed by atoms with E-state index in [9.17, 15) is 24.5 Å². The number of carbonyl (C=O) groups is 1. The number of aliphatic hydroxyl groups is 1. The number of hydrogen-bond acceptors (Lipinski definition) is 6. The molecule has 0 saturated carbocycles. The lowest BCUT2D eigenvalue weighted by molar-refractivity contribution is -0.133. The number of hydroxylamine groups is 1. The van der Waals surface area contributed by atoms with Gasteiger partial charge in [-0.2, -0.15) is 4.39 Å². The van der Waals surface area contributed by atoms with Crippen LogP contribution in [-0.2, 0) is 10.4 Å². The summed E-state index contributed by atoms with van der Waals surface area (Å²) in [6, 6.07) is 9.43. The van der Waals surface area contributed by atoms with Gasteiger partial charge in [-0.15, -0.1) is 0 Å². The maximum absolute atomic E-state index is 13.9. The lowest BCUT2D eigenvalue weighted by atomic mass is 9.85. The van der Waals surface area contributed by atoms with E-state index < -0.39 is 40.8 Å². The Labute approximate surface area is 141 Å². The highest BCUT2D eigenvalue weighted by Gasteiger charge is 2.41. The highest BCUT2D eigenvalue weighted by molar-refractivity contribution is 5.79. The summed E-state index contributed by atoms with van der Waals surface area (Å²) >= 11 is 0. The number of rotatable bonds is 3. The topological polar surface area (TPSA) is 119 Å². The van der Waals surface area contributed by atoms with Crippen LogP contribution in [0.25, 0.3) is 5.76 Å². The van der Waals surface area contributed by atoms with E-state index in [1.165, 1.54) is 5.48 Å². The first-order valence-corrected chi connectivity index (χ1v) is 7.22. The molecule has 0 bridgehead atoms. The molecule has 0 fully saturated rings. The number of phenols is 2. The molecule has 25 heavy (non-hydrogen) atoms. The van der Waals surface area contributed by atoms with Gasteiger partial charge in [0.2, 0.25) is 11.7 Å². The number of fused-ring (bicyclic) bond motifs is 1. The third-order valence-corrected chi connectivity index (χ3v) is 3.82. The summed E-state index contributed by atoms with van der Waals surface area (Å²) in [4.78, 5) is 11.6. The van der Waals surface area contributed by atoms with Gasteiger partial charge >= 0.3 is 0 Å². The van der Waals surface area contributed by atoms with Crippen molar-refractivity contribution in [3.05, 3.63) is 59.4 Å². The number of phenolic OH excluding ortho intramolecular Hbond substituents is 2. The quantitative estimate of drug-likeness (QED) is 0.426. The monoisotopic (exact) mass is 347 g/mol. The SMILES string of the molecule is O=C(CC1(O)C=C(c2ccccc2)Oc2cc(O)c(F)c(O)c21)NO. The van der Waals surface area contributed by atoms with E-state index in [1.807, 2.05) is 0 Å². The van der Waals surface area contributed by atoms with Crippen LogP contribution in [0.1, 0.15) is 17.5 Å². The molecule has 1 aliphatic heterocycles. The smallest absolute Gasteiger partial charge is 0.246 e. The van der Waals surface area contributed by atoms with E-state index in [1.54, 1.807) is 30.3 Å². The number of carbonyl (C=O) groups excluding carboxylic acids is 1. The van der Waals surface area contributed by atoms with Gasteiger partial charge in [-0.05, 0) is 6.08 Å². The highest BCUT2D eigenvalue weighted by atomic mass is 19.1. The maximum Gasteiger partial charge on any atom is 0.246 e. The van der Waals surface area contributed by atoms with Crippen LogP contribution < -0.4 is 10.2 Å². The minimum atomic E-state index is -2.18. The van der Waals surface area contributed by atoms with Gasteiger partial charge in [-0.1, -0.05) is 30.3 Å². The van der Waals surface area contributed by atoms with Gasteiger partial charge in [0.15, 0.2) is 11.5 Å². The fourth-order valence-electron chi connectivity index (χ4n) is 2.71. The van der Waals surface area contributed by atoms with Crippen molar-refractivity contribution in [1.29, 1.82) is 0 Å². The first-order chi connectivity index (χ1) is 11.9. The second-order valence-corrected chi connectivity index (χ2v) is 5.54. The average Bonchev–Trinajstić information content (AvgIpc) is 2.59. The van der Waals surface area contributed by atoms with Crippen LogP contribution in [0.2, 0.25) is 0 Å². The van der Waals surface area contributed by atoms with Crippen LogP contribution in [0, 0.1) is 5.82 Å². The molecule has 130 valence electrons. The molecule has 2 aromatic carbocycles. The number of amides is 1. The summed E-state index contributed by atoms with van der Waals surface area (Å²) in [5.74, 6) is -4.34. The van der Waals surface area contributed by atoms with Gasteiger partial charge in [0.05, 0.1) is 12.0 Å². The molecule has 7 nitrogen and oxygen atoms in total. The third-order valence-electron chi connectivity index (χ3n) is 3.82. The molecule has 2 aromatic rings. The number of nitrogens with one attached hydrogen (secondary N) is 1. The molecular formula is C17H14FNO6. The van der Waals surface area contributed by atoms with E-state index in [-0.39, 0.29) is 11.5 Å². The lowest BCUT2D eigenvalue weighted by Crippen LogP contribution is -2.35. The summed E-state index contributed by atoms with van der Waals surface area (Å²) in [5.41, 5.74) is -0.686. The molecule has 0 aliphatic carbocycles. The Balaban J connectivity index is 2.21. The Hall–Kier alpha value is -3.10. The molecular weight excluding hydrogens is 333 g/mol. The van der Waals surface area contributed by atoms with Crippen molar-refractivity contribution < 1.29 is 34.4 Å². The summed E-state index contributed by atoms with van der Waals surface area (Å²) in [6.45, 7) is 0. The fourth-order valence-corrected chi connectivity index (χ4v) is 2.71. The first-order valence-electron chi connectivity index (χ1n) is 7.22. The molecule has 0 radical (unpaired) electrons. The zero-order valence-corrected chi connectivity index (χ0v) is 12.7. The Morgan fingerprint density at radius 2 is 1.92 bits per heavy atom. The summed E-state index contributed by atoms with van der Waals surface area (Å²) in [6.07, 6.45) is 0.421. The molecule has 1 amide bonds. The molecule has 3 rings (SSSR count). The van der Waals surface area contributed by atoms with E-state index in [0.29, 0.717) is 5.56 Å². The van der Waals surface area contributed by atoms with E-state index >= 15 is 0 Å². The summed E-state index contributed by atoms with van der Waals surface area (Å²) < 4.78 is 19.4.